The standard InChI is InChI=1S/C65H43NO/c1-5-18-44(19-6-1)46-32-35-52(36-33-46)66(53-37-39-56-55-30-15-16-31-58(55)65(59(56)43-53,50-25-9-3-10-26-50)51-27-11-4-12-28-51)60-40-41-61-63(57-38-34-47-22-13-14-29-54(47)64(57)67-61)62(60)49-24-17-23-48(42-49)45-20-7-2-8-21-45/h1-43H/i1D,2D,3D,4D,5D,6D,7D,8D,9D,10D,11D,12D,13D,14D,15D,16D,17D,18D,19D,20D,21D,22D,24D,25D,26D,27D,28D,29D,30D,31D,32D,33D,34D,35D,36D,37D,38D,39D,40D,41D,42D,43D. The summed E-state index contributed by atoms with van der Waals surface area (Å²) in [6, 6.07) is -51.9. The van der Waals surface area contributed by atoms with Gasteiger partial charge in [0.25, 0.3) is 0 Å². The molecule has 0 aliphatic heterocycles. The van der Waals surface area contributed by atoms with Gasteiger partial charge >= 0.3 is 0 Å². The quantitative estimate of drug-likeness (QED) is 0.151. The van der Waals surface area contributed by atoms with Gasteiger partial charge in [-0.25, -0.2) is 0 Å². The first kappa shape index (κ1) is 15.2. The molecule has 2 heteroatoms. The monoisotopic (exact) mass is 896 g/mol. The second-order valence-corrected chi connectivity index (χ2v) is 14.3. The van der Waals surface area contributed by atoms with Gasteiger partial charge in [0.1, 0.15) is 11.2 Å². The van der Waals surface area contributed by atoms with E-state index in [-0.39, 0.29) is 4.90 Å². The summed E-state index contributed by atoms with van der Waals surface area (Å²) in [5.74, 6) is 0. The SMILES string of the molecule is [2H]c1cc(-c2c([2H])c([2H])c([2H])c([2H])c2[2H])c([2H])c(-c2c(N(c3c([2H])c([2H])c(-c4c([2H])c([2H])c([2H])c([2H])c4[2H])c([2H])c3[2H])c3c([2H])c([2H])c4c(c3[2H])C(c3c([2H])c([2H])c([2H])c([2H])c3[2H])(c3c([2H])c([2H])c([2H])c([2H])c3[2H])c3c([2H])c([2H])c([2H])c([2H])c3-4)c([2H])c([2H])c3oc4c5c([2H])c([2H])c([2H])c([2H])c5c([2H])c([2H])c4c23)c1[2H]. The molecule has 0 N–H and O–H groups in total. The lowest BCUT2D eigenvalue weighted by Gasteiger charge is -2.35. The Hall–Kier alpha value is -8.72. The number of nitrogens with zero attached hydrogens (tertiary/aromatic N) is 1. The van der Waals surface area contributed by atoms with E-state index in [1.165, 1.54) is 0 Å². The van der Waals surface area contributed by atoms with Crippen molar-refractivity contribution in [1.29, 1.82) is 0 Å². The maximum Gasteiger partial charge on any atom is 0.143 e. The second-order valence-electron chi connectivity index (χ2n) is 14.3. The molecular weight excluding hydrogens is 811 g/mol. The van der Waals surface area contributed by atoms with Crippen LogP contribution in [0, 0.1) is 0 Å². The Morgan fingerprint density at radius 2 is 0.970 bits per heavy atom. The third-order valence-electron chi connectivity index (χ3n) is 10.9. The van der Waals surface area contributed by atoms with Crippen LogP contribution >= 0.6 is 0 Å². The number of anilines is 3. The zero-order valence-electron chi connectivity index (χ0n) is 75.4. The van der Waals surface area contributed by atoms with E-state index < -0.39 is 376 Å². The molecule has 0 atom stereocenters. The highest BCUT2D eigenvalue weighted by molar-refractivity contribution is 6.21. The maximum atomic E-state index is 11.1. The van der Waals surface area contributed by atoms with Gasteiger partial charge in [-0.15, -0.1) is 0 Å². The van der Waals surface area contributed by atoms with Crippen LogP contribution in [0.2, 0.25) is 0 Å². The Morgan fingerprint density at radius 1 is 0.388 bits per heavy atom. The molecule has 0 bridgehead atoms. The van der Waals surface area contributed by atoms with Crippen LogP contribution in [0.5, 0.6) is 0 Å². The van der Waals surface area contributed by atoms with Crippen molar-refractivity contribution >= 4 is 49.8 Å². The number of hydrogen-bond donors (Lipinski definition) is 0. The van der Waals surface area contributed by atoms with Crippen molar-refractivity contribution in [3.8, 4) is 44.5 Å². The lowest BCUT2D eigenvalue weighted by atomic mass is 9.67. The van der Waals surface area contributed by atoms with Crippen LogP contribution in [-0.4, -0.2) is 0 Å². The summed E-state index contributed by atoms with van der Waals surface area (Å²) in [6.07, 6.45) is 0. The molecule has 0 spiro atoms. The Balaban J connectivity index is 1.40. The molecule has 1 aliphatic carbocycles. The lowest BCUT2D eigenvalue weighted by Crippen LogP contribution is -2.28. The molecule has 0 saturated heterocycles. The van der Waals surface area contributed by atoms with E-state index in [0.29, 0.717) is 6.07 Å². The minimum Gasteiger partial charge on any atom is -0.455 e. The van der Waals surface area contributed by atoms with Gasteiger partial charge in [0.15, 0.2) is 0 Å². The molecule has 67 heavy (non-hydrogen) atoms. The van der Waals surface area contributed by atoms with Crippen LogP contribution in [0.25, 0.3) is 77.2 Å². The van der Waals surface area contributed by atoms with Crippen molar-refractivity contribution in [3.63, 3.8) is 0 Å². The van der Waals surface area contributed by atoms with E-state index in [2.05, 4.69) is 0 Å². The van der Waals surface area contributed by atoms with Gasteiger partial charge in [-0.1, -0.05) is 212 Å². The van der Waals surface area contributed by atoms with Crippen LogP contribution in [0.15, 0.2) is 264 Å². The van der Waals surface area contributed by atoms with Crippen molar-refractivity contribution in [2.24, 2.45) is 0 Å². The molecule has 0 fully saturated rings. The van der Waals surface area contributed by atoms with Crippen molar-refractivity contribution in [1.82, 2.24) is 0 Å². The Labute approximate surface area is 449 Å². The third-order valence-corrected chi connectivity index (χ3v) is 10.9. The Morgan fingerprint density at radius 3 is 1.70 bits per heavy atom. The molecular formula is C65H43NO. The molecule has 12 aromatic rings. The molecule has 13 rings (SSSR count). The van der Waals surface area contributed by atoms with Crippen LogP contribution in [0.1, 0.15) is 79.8 Å². The smallest absolute Gasteiger partial charge is 0.143 e. The molecule has 1 heterocycles. The van der Waals surface area contributed by atoms with E-state index in [9.17, 15) is 30.2 Å². The normalized spacial score (nSPS) is 21.4. The molecule has 314 valence electrons. The fraction of sp³-hybridized carbons (Fsp3) is 0.0154. The molecule has 2 nitrogen and oxygen atoms in total. The van der Waals surface area contributed by atoms with Crippen LogP contribution < -0.4 is 4.90 Å². The average Bonchev–Trinajstić information content (AvgIpc) is 1.51. The minimum absolute atomic E-state index is 0.147. The highest BCUT2D eigenvalue weighted by atomic mass is 16.3. The summed E-state index contributed by atoms with van der Waals surface area (Å²) < 4.78 is 403. The van der Waals surface area contributed by atoms with Crippen LogP contribution in [0.4, 0.5) is 17.1 Å². The zero-order chi connectivity index (χ0) is 80.9. The van der Waals surface area contributed by atoms with Gasteiger partial charge < -0.3 is 9.32 Å². The van der Waals surface area contributed by atoms with Gasteiger partial charge in [-0.05, 0) is 115 Å². The Kier molecular flexibility index (Phi) is 3.57. The number of fused-ring (bicyclic) bond motifs is 8. The van der Waals surface area contributed by atoms with Crippen molar-refractivity contribution < 1.29 is 62.0 Å². The van der Waals surface area contributed by atoms with Crippen molar-refractivity contribution in [3.05, 3.63) is 282 Å². The molecule has 0 unspecified atom stereocenters. The van der Waals surface area contributed by atoms with Gasteiger partial charge in [-0.3, -0.25) is 0 Å². The summed E-state index contributed by atoms with van der Waals surface area (Å²) in [5.41, 5.74) is -23.8. The summed E-state index contributed by atoms with van der Waals surface area (Å²) in [7, 11) is 0. The number of benzene rings is 11. The van der Waals surface area contributed by atoms with E-state index in [1.807, 2.05) is 0 Å². The first-order valence-electron chi connectivity index (χ1n) is 40.7. The molecule has 0 radical (unpaired) electrons. The highest BCUT2D eigenvalue weighted by Crippen LogP contribution is 2.58. The van der Waals surface area contributed by atoms with Gasteiger partial charge in [0, 0.05) is 33.1 Å². The largest absolute Gasteiger partial charge is 0.455 e. The van der Waals surface area contributed by atoms with Crippen molar-refractivity contribution in [2.45, 2.75) is 5.41 Å². The minimum atomic E-state index is -3.70. The second kappa shape index (κ2) is 15.8. The number of hydrogen-bond acceptors (Lipinski definition) is 2. The van der Waals surface area contributed by atoms with E-state index in [1.54, 1.807) is 0 Å². The first-order valence-corrected chi connectivity index (χ1v) is 19.7. The van der Waals surface area contributed by atoms with E-state index >= 15 is 0 Å². The maximum absolute atomic E-state index is 11.1. The van der Waals surface area contributed by atoms with Gasteiger partial charge in [0.05, 0.1) is 68.7 Å². The topological polar surface area (TPSA) is 16.4 Å². The van der Waals surface area contributed by atoms with Crippen LogP contribution in [0.3, 0.4) is 0 Å². The van der Waals surface area contributed by atoms with E-state index in [4.69, 9.17) is 31.8 Å². The molecule has 0 saturated carbocycles. The molecule has 1 aromatic heterocycles. The molecule has 0 amide bonds. The fourth-order valence-electron chi connectivity index (χ4n) is 8.13. The van der Waals surface area contributed by atoms with E-state index in [0.717, 1.165) is 0 Å². The van der Waals surface area contributed by atoms with Gasteiger partial charge in [-0.2, -0.15) is 0 Å². The summed E-state index contributed by atoms with van der Waals surface area (Å²) in [6.45, 7) is 0. The average molecular weight is 896 g/mol. The summed E-state index contributed by atoms with van der Waals surface area (Å²) in [4.78, 5) is 0.147. The zero-order valence-corrected chi connectivity index (χ0v) is 33.4. The first-order chi connectivity index (χ1) is 50.7. The summed E-state index contributed by atoms with van der Waals surface area (Å²) >= 11 is 0. The molecule has 11 aromatic carbocycles. The summed E-state index contributed by atoms with van der Waals surface area (Å²) in [5, 5.41) is -3.37. The lowest BCUT2D eigenvalue weighted by molar-refractivity contribution is 0.673. The molecule has 1 aliphatic rings. The van der Waals surface area contributed by atoms with Crippen molar-refractivity contribution in [2.75, 3.05) is 4.90 Å². The number of furan rings is 1. The number of rotatable bonds is 8. The predicted octanol–water partition coefficient (Wildman–Crippen LogP) is 17.6. The van der Waals surface area contributed by atoms with Gasteiger partial charge in [0.2, 0.25) is 0 Å². The predicted molar refractivity (Wildman–Crippen MR) is 280 cm³/mol. The highest BCUT2D eigenvalue weighted by Gasteiger charge is 2.46. The Bertz CT molecular complexity index is 6120. The third kappa shape index (κ3) is 6.18. The fourth-order valence-corrected chi connectivity index (χ4v) is 8.13. The van der Waals surface area contributed by atoms with Crippen LogP contribution in [-0.2, 0) is 5.41 Å².